The van der Waals surface area contributed by atoms with Gasteiger partial charge < -0.3 is 10.2 Å². The molecular weight excluding hydrogens is 342 g/mol. The molecule has 4 amide bonds. The number of amides is 4. The number of hydrogen-bond donors (Lipinski definition) is 1. The van der Waals surface area contributed by atoms with Gasteiger partial charge in [0, 0.05) is 12.6 Å². The van der Waals surface area contributed by atoms with Crippen molar-refractivity contribution < 1.29 is 14.4 Å². The molecule has 6 heteroatoms. The van der Waals surface area contributed by atoms with Crippen molar-refractivity contribution >= 4 is 17.8 Å². The third-order valence-electron chi connectivity index (χ3n) is 5.81. The van der Waals surface area contributed by atoms with Gasteiger partial charge >= 0.3 is 6.03 Å². The van der Waals surface area contributed by atoms with Crippen LogP contribution in [0.15, 0.2) is 30.3 Å². The van der Waals surface area contributed by atoms with E-state index >= 15 is 0 Å². The van der Waals surface area contributed by atoms with Crippen molar-refractivity contribution in [3.05, 3.63) is 35.9 Å². The molecule has 2 aliphatic rings. The molecule has 0 spiro atoms. The van der Waals surface area contributed by atoms with Gasteiger partial charge in [-0.3, -0.25) is 14.5 Å². The summed E-state index contributed by atoms with van der Waals surface area (Å²) in [6, 6.07) is 9.64. The van der Waals surface area contributed by atoms with Crippen molar-refractivity contribution in [1.29, 1.82) is 0 Å². The van der Waals surface area contributed by atoms with E-state index in [4.69, 9.17) is 0 Å². The number of urea groups is 1. The van der Waals surface area contributed by atoms with E-state index in [-0.39, 0.29) is 24.4 Å². The topological polar surface area (TPSA) is 69.7 Å². The van der Waals surface area contributed by atoms with E-state index < -0.39 is 11.6 Å². The monoisotopic (exact) mass is 371 g/mol. The van der Waals surface area contributed by atoms with Gasteiger partial charge in [-0.05, 0) is 51.0 Å². The summed E-state index contributed by atoms with van der Waals surface area (Å²) in [5, 5.41) is 2.80. The smallest absolute Gasteiger partial charge is 0.325 e. The van der Waals surface area contributed by atoms with Gasteiger partial charge in [0.15, 0.2) is 0 Å². The number of nitrogens with zero attached hydrogens (tertiary/aromatic N) is 2. The van der Waals surface area contributed by atoms with Gasteiger partial charge in [-0.15, -0.1) is 0 Å². The second-order valence-corrected chi connectivity index (χ2v) is 7.78. The van der Waals surface area contributed by atoms with Crippen molar-refractivity contribution in [1.82, 2.24) is 15.1 Å². The standard InChI is InChI=1S/C21H29N3O3/c1-3-17-11-7-8-14-23(17)18(25)15-24-19(26)21(2,22-20(24)27)13-12-16-9-5-4-6-10-16/h4-6,9-10,17H,3,7-8,11-15H2,1-2H3,(H,22,27)/t17-,21-/m1/s1. The van der Waals surface area contributed by atoms with E-state index in [1.807, 2.05) is 35.2 Å². The molecule has 3 rings (SSSR count). The fraction of sp³-hybridized carbons (Fsp3) is 0.571. The number of hydrogen-bond acceptors (Lipinski definition) is 3. The van der Waals surface area contributed by atoms with Gasteiger partial charge in [0.25, 0.3) is 5.91 Å². The van der Waals surface area contributed by atoms with Crippen molar-refractivity contribution in [2.45, 2.75) is 64.0 Å². The van der Waals surface area contributed by atoms with Crippen LogP contribution in [-0.2, 0) is 16.0 Å². The molecule has 0 aliphatic carbocycles. The van der Waals surface area contributed by atoms with Gasteiger partial charge in [0.2, 0.25) is 5.91 Å². The van der Waals surface area contributed by atoms with Crippen LogP contribution in [0.2, 0.25) is 0 Å². The van der Waals surface area contributed by atoms with Crippen LogP contribution in [0.25, 0.3) is 0 Å². The molecule has 0 saturated carbocycles. The predicted molar refractivity (Wildman–Crippen MR) is 103 cm³/mol. The molecule has 1 aromatic carbocycles. The fourth-order valence-electron chi connectivity index (χ4n) is 4.08. The van der Waals surface area contributed by atoms with Crippen LogP contribution >= 0.6 is 0 Å². The lowest BCUT2D eigenvalue weighted by Crippen LogP contribution is -2.49. The Bertz CT molecular complexity index is 706. The van der Waals surface area contributed by atoms with Gasteiger partial charge in [-0.2, -0.15) is 0 Å². The Morgan fingerprint density at radius 3 is 2.67 bits per heavy atom. The van der Waals surface area contributed by atoms with Crippen molar-refractivity contribution in [2.24, 2.45) is 0 Å². The Morgan fingerprint density at radius 1 is 1.22 bits per heavy atom. The quantitative estimate of drug-likeness (QED) is 0.782. The summed E-state index contributed by atoms with van der Waals surface area (Å²) < 4.78 is 0. The van der Waals surface area contributed by atoms with E-state index in [1.165, 1.54) is 0 Å². The Hall–Kier alpha value is -2.37. The fourth-order valence-corrected chi connectivity index (χ4v) is 4.08. The maximum Gasteiger partial charge on any atom is 0.325 e. The third-order valence-corrected chi connectivity index (χ3v) is 5.81. The summed E-state index contributed by atoms with van der Waals surface area (Å²) in [6.45, 7) is 4.37. The lowest BCUT2D eigenvalue weighted by Gasteiger charge is -2.36. The van der Waals surface area contributed by atoms with E-state index in [2.05, 4.69) is 12.2 Å². The number of piperidine rings is 1. The molecule has 0 unspecified atom stereocenters. The first kappa shape index (κ1) is 19.4. The first-order valence-electron chi connectivity index (χ1n) is 9.92. The second-order valence-electron chi connectivity index (χ2n) is 7.78. The minimum Gasteiger partial charge on any atom is -0.338 e. The zero-order valence-corrected chi connectivity index (χ0v) is 16.2. The highest BCUT2D eigenvalue weighted by atomic mass is 16.2. The summed E-state index contributed by atoms with van der Waals surface area (Å²) in [5.74, 6) is -0.431. The largest absolute Gasteiger partial charge is 0.338 e. The Labute approximate surface area is 160 Å². The SMILES string of the molecule is CC[C@@H]1CCCCN1C(=O)CN1C(=O)N[C@](C)(CCc2ccccc2)C1=O. The first-order chi connectivity index (χ1) is 12.9. The maximum absolute atomic E-state index is 12.9. The summed E-state index contributed by atoms with van der Waals surface area (Å²) in [4.78, 5) is 41.0. The molecule has 0 aromatic heterocycles. The number of carbonyl (C=O) groups is 3. The molecule has 146 valence electrons. The minimum absolute atomic E-state index is 0.127. The average molecular weight is 371 g/mol. The number of nitrogens with one attached hydrogen (secondary N) is 1. The molecule has 1 N–H and O–H groups in total. The van der Waals surface area contributed by atoms with Gasteiger partial charge in [-0.1, -0.05) is 37.3 Å². The predicted octanol–water partition coefficient (Wildman–Crippen LogP) is 2.72. The van der Waals surface area contributed by atoms with E-state index in [1.54, 1.807) is 6.92 Å². The van der Waals surface area contributed by atoms with Crippen molar-refractivity contribution in [2.75, 3.05) is 13.1 Å². The third kappa shape index (κ3) is 4.15. The van der Waals surface area contributed by atoms with Crippen LogP contribution < -0.4 is 5.32 Å². The number of likely N-dealkylation sites (tertiary alicyclic amines) is 1. The van der Waals surface area contributed by atoms with Crippen LogP contribution in [-0.4, -0.2) is 52.3 Å². The van der Waals surface area contributed by atoms with Crippen LogP contribution in [0.5, 0.6) is 0 Å². The summed E-state index contributed by atoms with van der Waals surface area (Å²) in [5.41, 5.74) is 0.161. The highest BCUT2D eigenvalue weighted by Crippen LogP contribution is 2.25. The number of aryl methyl sites for hydroxylation is 1. The Kier molecular flexibility index (Phi) is 5.82. The molecule has 2 fully saturated rings. The Morgan fingerprint density at radius 2 is 1.96 bits per heavy atom. The number of benzene rings is 1. The zero-order valence-electron chi connectivity index (χ0n) is 16.2. The second kappa shape index (κ2) is 8.11. The van der Waals surface area contributed by atoms with Gasteiger partial charge in [0.05, 0.1) is 0 Å². The molecule has 1 aromatic rings. The molecule has 2 saturated heterocycles. The van der Waals surface area contributed by atoms with E-state index in [0.29, 0.717) is 19.4 Å². The van der Waals surface area contributed by atoms with E-state index in [9.17, 15) is 14.4 Å². The summed E-state index contributed by atoms with van der Waals surface area (Å²) in [7, 11) is 0. The molecule has 2 aliphatic heterocycles. The minimum atomic E-state index is -0.959. The van der Waals surface area contributed by atoms with Crippen LogP contribution in [0.4, 0.5) is 4.79 Å². The molecule has 2 atom stereocenters. The highest BCUT2D eigenvalue weighted by molar-refractivity contribution is 6.08. The van der Waals surface area contributed by atoms with Crippen LogP contribution in [0.1, 0.15) is 51.5 Å². The maximum atomic E-state index is 12.9. The first-order valence-corrected chi connectivity index (χ1v) is 9.92. The van der Waals surface area contributed by atoms with Crippen LogP contribution in [0.3, 0.4) is 0 Å². The van der Waals surface area contributed by atoms with Crippen molar-refractivity contribution in [3.63, 3.8) is 0 Å². The lowest BCUT2D eigenvalue weighted by molar-refractivity contribution is -0.141. The average Bonchev–Trinajstić information content (AvgIpc) is 2.90. The zero-order chi connectivity index (χ0) is 19.4. The van der Waals surface area contributed by atoms with Gasteiger partial charge in [-0.25, -0.2) is 4.79 Å². The summed E-state index contributed by atoms with van der Waals surface area (Å²) >= 11 is 0. The Balaban J connectivity index is 1.63. The van der Waals surface area contributed by atoms with Crippen molar-refractivity contribution in [3.8, 4) is 0 Å². The number of carbonyl (C=O) groups excluding carboxylic acids is 3. The number of imide groups is 1. The van der Waals surface area contributed by atoms with E-state index in [0.717, 1.165) is 36.1 Å². The molecule has 0 radical (unpaired) electrons. The molecule has 27 heavy (non-hydrogen) atoms. The molecule has 6 nitrogen and oxygen atoms in total. The van der Waals surface area contributed by atoms with Crippen LogP contribution in [0, 0.1) is 0 Å². The van der Waals surface area contributed by atoms with Gasteiger partial charge in [0.1, 0.15) is 12.1 Å². The normalized spacial score (nSPS) is 25.6. The number of rotatable bonds is 6. The summed E-state index contributed by atoms with van der Waals surface area (Å²) in [6.07, 6.45) is 5.21. The molecule has 2 heterocycles. The molecular formula is C21H29N3O3. The molecule has 0 bridgehead atoms. The highest BCUT2D eigenvalue weighted by Gasteiger charge is 2.48. The lowest BCUT2D eigenvalue weighted by atomic mass is 9.93.